The second-order valence-corrected chi connectivity index (χ2v) is 13.3. The van der Waals surface area contributed by atoms with Gasteiger partial charge in [-0.15, -0.1) is 0 Å². The van der Waals surface area contributed by atoms with Gasteiger partial charge in [-0.25, -0.2) is 4.79 Å². The lowest BCUT2D eigenvalue weighted by molar-refractivity contribution is -0.145. The number of hydrogen-bond acceptors (Lipinski definition) is 5. The van der Waals surface area contributed by atoms with Crippen LogP contribution in [0.25, 0.3) is 0 Å². The Balaban J connectivity index is 1.19. The van der Waals surface area contributed by atoms with Crippen molar-refractivity contribution in [2.24, 2.45) is 11.8 Å². The quantitative estimate of drug-likeness (QED) is 0.275. The number of unbranched alkanes of at least 4 members (excludes halogenated alkanes) is 1. The maximum absolute atomic E-state index is 13.2. The molecule has 3 fully saturated rings. The number of nitrogens with zero attached hydrogens (tertiary/aromatic N) is 3. The Labute approximate surface area is 264 Å². The van der Waals surface area contributed by atoms with Crippen molar-refractivity contribution < 1.29 is 19.4 Å². The molecule has 2 aromatic rings. The van der Waals surface area contributed by atoms with Gasteiger partial charge < -0.3 is 19.6 Å². The number of carbonyl (C=O) groups excluding carboxylic acids is 1. The highest BCUT2D eigenvalue weighted by Crippen LogP contribution is 2.38. The standard InChI is InChI=1S/C37H53N3O4/c1-2-3-22-40(37(43)44-25-21-29-13-7-4-8-14-29)33-19-23-38(24-20-33)26-32-27-39(28-34(32)30-15-9-5-10-16-30)35(36(41)42)31-17-11-6-12-18-31/h4-5,7-10,13-16,31-35H,2-3,6,11-12,17-28H2,1H3,(H,41,42). The number of likely N-dealkylation sites (tertiary alicyclic amines) is 2. The van der Waals surface area contributed by atoms with Crippen LogP contribution in [0.4, 0.5) is 4.79 Å². The zero-order valence-electron chi connectivity index (χ0n) is 26.7. The van der Waals surface area contributed by atoms with E-state index in [1.807, 2.05) is 23.1 Å². The van der Waals surface area contributed by atoms with E-state index in [0.717, 1.165) is 97.1 Å². The Morgan fingerprint density at radius 2 is 1.61 bits per heavy atom. The highest BCUT2D eigenvalue weighted by atomic mass is 16.6. The number of piperidine rings is 1. The summed E-state index contributed by atoms with van der Waals surface area (Å²) in [4.78, 5) is 32.7. The molecule has 2 aromatic carbocycles. The van der Waals surface area contributed by atoms with Gasteiger partial charge in [-0.05, 0) is 55.1 Å². The lowest BCUT2D eigenvalue weighted by Gasteiger charge is -2.39. The average Bonchev–Trinajstić information content (AvgIpc) is 3.46. The number of amides is 1. The van der Waals surface area contributed by atoms with Gasteiger partial charge in [0.25, 0.3) is 0 Å². The predicted molar refractivity (Wildman–Crippen MR) is 175 cm³/mol. The highest BCUT2D eigenvalue weighted by molar-refractivity contribution is 5.74. The summed E-state index contributed by atoms with van der Waals surface area (Å²) in [6.45, 7) is 7.84. The molecule has 240 valence electrons. The van der Waals surface area contributed by atoms with Gasteiger partial charge >= 0.3 is 12.1 Å². The van der Waals surface area contributed by atoms with Crippen LogP contribution in [0.5, 0.6) is 0 Å². The SMILES string of the molecule is CCCCN(C(=O)OCCc1ccccc1)C1CCN(CC2CN(C(C(=O)O)C3CCCCC3)CC2c2ccccc2)CC1. The van der Waals surface area contributed by atoms with Crippen molar-refractivity contribution in [1.82, 2.24) is 14.7 Å². The fourth-order valence-corrected chi connectivity index (χ4v) is 7.98. The minimum atomic E-state index is -0.645. The minimum absolute atomic E-state index is 0.175. The predicted octanol–water partition coefficient (Wildman–Crippen LogP) is 6.68. The molecule has 0 aromatic heterocycles. The fourth-order valence-electron chi connectivity index (χ4n) is 7.98. The Hall–Kier alpha value is -2.90. The summed E-state index contributed by atoms with van der Waals surface area (Å²) in [6, 6.07) is 20.7. The molecule has 1 saturated carbocycles. The van der Waals surface area contributed by atoms with Crippen molar-refractivity contribution in [1.29, 1.82) is 0 Å². The highest BCUT2D eigenvalue weighted by Gasteiger charge is 2.43. The lowest BCUT2D eigenvalue weighted by atomic mass is 9.83. The van der Waals surface area contributed by atoms with Crippen molar-refractivity contribution >= 4 is 12.1 Å². The van der Waals surface area contributed by atoms with Crippen LogP contribution >= 0.6 is 0 Å². The molecule has 3 atom stereocenters. The number of carboxylic acids is 1. The van der Waals surface area contributed by atoms with E-state index in [9.17, 15) is 14.7 Å². The number of benzene rings is 2. The summed E-state index contributed by atoms with van der Waals surface area (Å²) < 4.78 is 5.78. The van der Waals surface area contributed by atoms with Crippen LogP contribution < -0.4 is 0 Å². The Morgan fingerprint density at radius 3 is 2.27 bits per heavy atom. The maximum atomic E-state index is 13.2. The van der Waals surface area contributed by atoms with Crippen LogP contribution in [-0.2, 0) is 16.0 Å². The zero-order chi connectivity index (χ0) is 30.7. The van der Waals surface area contributed by atoms with Crippen LogP contribution in [0.15, 0.2) is 60.7 Å². The summed E-state index contributed by atoms with van der Waals surface area (Å²) in [5.74, 6) is 0.334. The van der Waals surface area contributed by atoms with Crippen LogP contribution in [0.3, 0.4) is 0 Å². The summed E-state index contributed by atoms with van der Waals surface area (Å²) in [6.07, 6.45) is 10.1. The third-order valence-corrected chi connectivity index (χ3v) is 10.4. The molecule has 5 rings (SSSR count). The van der Waals surface area contributed by atoms with Gasteiger partial charge in [-0.3, -0.25) is 9.69 Å². The topological polar surface area (TPSA) is 73.3 Å². The molecule has 1 N–H and O–H groups in total. The maximum Gasteiger partial charge on any atom is 0.410 e. The van der Waals surface area contributed by atoms with E-state index in [1.165, 1.54) is 17.5 Å². The normalized spacial score (nSPS) is 22.9. The van der Waals surface area contributed by atoms with E-state index < -0.39 is 5.97 Å². The van der Waals surface area contributed by atoms with Crippen molar-refractivity contribution in [2.45, 2.75) is 89.1 Å². The lowest BCUT2D eigenvalue weighted by Crippen LogP contribution is -2.49. The van der Waals surface area contributed by atoms with Crippen molar-refractivity contribution in [3.63, 3.8) is 0 Å². The smallest absolute Gasteiger partial charge is 0.410 e. The molecule has 2 saturated heterocycles. The van der Waals surface area contributed by atoms with Gasteiger partial charge in [0, 0.05) is 57.6 Å². The molecule has 1 amide bonds. The first-order chi connectivity index (χ1) is 21.5. The van der Waals surface area contributed by atoms with Gasteiger partial charge in [-0.1, -0.05) is 93.3 Å². The molecule has 7 nitrogen and oxygen atoms in total. The molecule has 0 bridgehead atoms. The van der Waals surface area contributed by atoms with E-state index in [-0.39, 0.29) is 24.1 Å². The molecule has 3 aliphatic rings. The number of aliphatic carboxylic acids is 1. The van der Waals surface area contributed by atoms with Crippen molar-refractivity contribution in [2.75, 3.05) is 45.9 Å². The monoisotopic (exact) mass is 603 g/mol. The molecule has 2 heterocycles. The van der Waals surface area contributed by atoms with Crippen molar-refractivity contribution in [3.05, 3.63) is 71.8 Å². The van der Waals surface area contributed by atoms with Gasteiger partial charge in [-0.2, -0.15) is 0 Å². The molecule has 2 aliphatic heterocycles. The first-order valence-electron chi connectivity index (χ1n) is 17.2. The Kier molecular flexibility index (Phi) is 12.1. The van der Waals surface area contributed by atoms with Crippen LogP contribution in [0, 0.1) is 11.8 Å². The van der Waals surface area contributed by atoms with Crippen molar-refractivity contribution in [3.8, 4) is 0 Å². The van der Waals surface area contributed by atoms with E-state index in [2.05, 4.69) is 59.2 Å². The summed E-state index contributed by atoms with van der Waals surface area (Å²) in [5.41, 5.74) is 2.51. The van der Waals surface area contributed by atoms with Gasteiger partial charge in [0.05, 0.1) is 6.61 Å². The van der Waals surface area contributed by atoms with E-state index in [4.69, 9.17) is 4.74 Å². The number of rotatable bonds is 13. The first-order valence-corrected chi connectivity index (χ1v) is 17.2. The fraction of sp³-hybridized carbons (Fsp3) is 0.622. The summed E-state index contributed by atoms with van der Waals surface area (Å²) >= 11 is 0. The van der Waals surface area contributed by atoms with Crippen LogP contribution in [0.2, 0.25) is 0 Å². The average molecular weight is 604 g/mol. The first kappa shape index (κ1) is 32.5. The number of carboxylic acid groups (broad SMARTS) is 1. The number of hydrogen-bond donors (Lipinski definition) is 1. The molecule has 0 radical (unpaired) electrons. The van der Waals surface area contributed by atoms with Crippen LogP contribution in [-0.4, -0.2) is 89.8 Å². The molecular weight excluding hydrogens is 550 g/mol. The van der Waals surface area contributed by atoms with Gasteiger partial charge in [0.2, 0.25) is 0 Å². The molecule has 3 unspecified atom stereocenters. The molecule has 1 aliphatic carbocycles. The second kappa shape index (κ2) is 16.4. The molecule has 0 spiro atoms. The third-order valence-electron chi connectivity index (χ3n) is 10.4. The summed E-state index contributed by atoms with van der Waals surface area (Å²) in [7, 11) is 0. The van der Waals surface area contributed by atoms with E-state index >= 15 is 0 Å². The van der Waals surface area contributed by atoms with Crippen LogP contribution in [0.1, 0.15) is 81.8 Å². The molecular formula is C37H53N3O4. The third kappa shape index (κ3) is 8.63. The number of ether oxygens (including phenoxy) is 1. The van der Waals surface area contributed by atoms with Gasteiger partial charge in [0.15, 0.2) is 0 Å². The van der Waals surface area contributed by atoms with E-state index in [1.54, 1.807) is 0 Å². The largest absolute Gasteiger partial charge is 0.480 e. The molecule has 44 heavy (non-hydrogen) atoms. The van der Waals surface area contributed by atoms with Gasteiger partial charge in [0.1, 0.15) is 6.04 Å². The Bertz CT molecular complexity index is 1150. The Morgan fingerprint density at radius 1 is 0.932 bits per heavy atom. The molecule has 7 heteroatoms. The second-order valence-electron chi connectivity index (χ2n) is 13.3. The number of carbonyl (C=O) groups is 2. The summed E-state index contributed by atoms with van der Waals surface area (Å²) in [5, 5.41) is 10.4. The zero-order valence-corrected chi connectivity index (χ0v) is 26.7. The minimum Gasteiger partial charge on any atom is -0.480 e. The van der Waals surface area contributed by atoms with E-state index in [0.29, 0.717) is 18.4 Å².